The molecule has 1 atom stereocenters. The lowest BCUT2D eigenvalue weighted by Crippen LogP contribution is -2.43. The lowest BCUT2D eigenvalue weighted by molar-refractivity contribution is -0.139. The van der Waals surface area contributed by atoms with Gasteiger partial charge in [-0.15, -0.1) is 0 Å². The van der Waals surface area contributed by atoms with Crippen LogP contribution in [0.3, 0.4) is 0 Å². The van der Waals surface area contributed by atoms with Crippen molar-refractivity contribution in [3.05, 3.63) is 24.3 Å². The average Bonchev–Trinajstić information content (AvgIpc) is 2.85. The Balaban J connectivity index is 1.98. The number of aromatic nitrogens is 1. The highest BCUT2D eigenvalue weighted by molar-refractivity contribution is 7.98. The van der Waals surface area contributed by atoms with Crippen LogP contribution in [-0.4, -0.2) is 40.1 Å². The van der Waals surface area contributed by atoms with Gasteiger partial charge >= 0.3 is 12.0 Å². The third-order valence-corrected chi connectivity index (χ3v) is 4.32. The van der Waals surface area contributed by atoms with E-state index in [9.17, 15) is 9.59 Å². The van der Waals surface area contributed by atoms with Crippen LogP contribution in [0.25, 0.3) is 10.2 Å². The second-order valence-electron chi connectivity index (χ2n) is 4.26. The summed E-state index contributed by atoms with van der Waals surface area (Å²) in [4.78, 5) is 27.2. The number of hydrogen-bond donors (Lipinski definition) is 3. The number of thioether (sulfide) groups is 1. The van der Waals surface area contributed by atoms with E-state index >= 15 is 0 Å². The van der Waals surface area contributed by atoms with E-state index in [1.165, 1.54) is 23.1 Å². The van der Waals surface area contributed by atoms with Crippen LogP contribution in [-0.2, 0) is 4.79 Å². The van der Waals surface area contributed by atoms with E-state index in [0.29, 0.717) is 17.3 Å². The molecule has 0 saturated carbocycles. The smallest absolute Gasteiger partial charge is 0.326 e. The minimum absolute atomic E-state index is 0.379. The molecule has 112 valence electrons. The maximum Gasteiger partial charge on any atom is 0.326 e. The molecule has 3 N–H and O–H groups in total. The summed E-state index contributed by atoms with van der Waals surface area (Å²) in [7, 11) is 0. The molecule has 6 nitrogen and oxygen atoms in total. The van der Waals surface area contributed by atoms with E-state index < -0.39 is 18.0 Å². The number of amides is 2. The number of carboxylic acid groups (broad SMARTS) is 1. The first-order valence-corrected chi connectivity index (χ1v) is 8.46. The summed E-state index contributed by atoms with van der Waals surface area (Å²) >= 11 is 2.88. The van der Waals surface area contributed by atoms with Crippen LogP contribution >= 0.6 is 23.1 Å². The summed E-state index contributed by atoms with van der Waals surface area (Å²) < 4.78 is 0.963. The molecule has 0 aliphatic carbocycles. The number of carbonyl (C=O) groups excluding carboxylic acids is 1. The fraction of sp³-hybridized carbons (Fsp3) is 0.308. The zero-order valence-electron chi connectivity index (χ0n) is 11.3. The van der Waals surface area contributed by atoms with Gasteiger partial charge in [0, 0.05) is 0 Å². The molecule has 8 heteroatoms. The standard InChI is InChI=1S/C13H15N3O3S2/c1-20-7-6-9(11(17)18)14-12(19)16-13-15-8-4-2-3-5-10(8)21-13/h2-5,9H,6-7H2,1H3,(H,17,18)(H2,14,15,16,19)/t9-/m1/s1. The largest absolute Gasteiger partial charge is 0.480 e. The number of para-hydroxylation sites is 1. The molecule has 0 bridgehead atoms. The Morgan fingerprint density at radius 2 is 2.19 bits per heavy atom. The summed E-state index contributed by atoms with van der Waals surface area (Å²) in [5, 5.41) is 14.5. The predicted octanol–water partition coefficient (Wildman–Crippen LogP) is 2.62. The quantitative estimate of drug-likeness (QED) is 0.759. The van der Waals surface area contributed by atoms with Crippen LogP contribution in [0.1, 0.15) is 6.42 Å². The molecule has 1 heterocycles. The van der Waals surface area contributed by atoms with Crippen molar-refractivity contribution in [2.24, 2.45) is 0 Å². The van der Waals surface area contributed by atoms with Gasteiger partial charge < -0.3 is 10.4 Å². The van der Waals surface area contributed by atoms with Gasteiger partial charge in [-0.05, 0) is 30.6 Å². The topological polar surface area (TPSA) is 91.3 Å². The van der Waals surface area contributed by atoms with Crippen molar-refractivity contribution in [2.75, 3.05) is 17.3 Å². The third kappa shape index (κ3) is 4.33. The molecular formula is C13H15N3O3S2. The maximum atomic E-state index is 11.8. The Bertz CT molecular complexity index is 611. The monoisotopic (exact) mass is 325 g/mol. The van der Waals surface area contributed by atoms with Crippen molar-refractivity contribution in [3.63, 3.8) is 0 Å². The zero-order chi connectivity index (χ0) is 15.2. The van der Waals surface area contributed by atoms with E-state index in [1.807, 2.05) is 30.5 Å². The number of nitrogens with zero attached hydrogens (tertiary/aromatic N) is 1. The molecule has 0 saturated heterocycles. The molecule has 2 amide bonds. The third-order valence-electron chi connectivity index (χ3n) is 2.73. The Morgan fingerprint density at radius 1 is 1.43 bits per heavy atom. The minimum atomic E-state index is -1.04. The van der Waals surface area contributed by atoms with Crippen molar-refractivity contribution in [1.82, 2.24) is 10.3 Å². The fourth-order valence-corrected chi connectivity index (χ4v) is 3.04. The number of benzene rings is 1. The van der Waals surface area contributed by atoms with Crippen LogP contribution in [0.5, 0.6) is 0 Å². The van der Waals surface area contributed by atoms with Crippen LogP contribution in [0.2, 0.25) is 0 Å². The lowest BCUT2D eigenvalue weighted by Gasteiger charge is -2.13. The van der Waals surface area contributed by atoms with E-state index in [0.717, 1.165) is 10.2 Å². The molecule has 0 fully saturated rings. The van der Waals surface area contributed by atoms with Gasteiger partial charge in [0.15, 0.2) is 5.13 Å². The van der Waals surface area contributed by atoms with Crippen molar-refractivity contribution < 1.29 is 14.7 Å². The molecule has 2 aromatic rings. The van der Waals surface area contributed by atoms with Gasteiger partial charge in [-0.3, -0.25) is 5.32 Å². The molecule has 0 unspecified atom stereocenters. The second kappa shape index (κ2) is 7.28. The van der Waals surface area contributed by atoms with Gasteiger partial charge in [-0.25, -0.2) is 14.6 Å². The number of rotatable bonds is 6. The highest BCUT2D eigenvalue weighted by atomic mass is 32.2. The van der Waals surface area contributed by atoms with Gasteiger partial charge in [0.25, 0.3) is 0 Å². The first-order valence-electron chi connectivity index (χ1n) is 6.25. The number of anilines is 1. The minimum Gasteiger partial charge on any atom is -0.480 e. The van der Waals surface area contributed by atoms with Crippen LogP contribution < -0.4 is 10.6 Å². The van der Waals surface area contributed by atoms with Gasteiger partial charge in [-0.2, -0.15) is 11.8 Å². The first-order chi connectivity index (χ1) is 10.1. The molecule has 1 aromatic carbocycles. The van der Waals surface area contributed by atoms with Crippen molar-refractivity contribution in [2.45, 2.75) is 12.5 Å². The number of aliphatic carboxylic acids is 1. The summed E-state index contributed by atoms with van der Waals surface area (Å²) in [6.45, 7) is 0. The Kier molecular flexibility index (Phi) is 5.40. The summed E-state index contributed by atoms with van der Waals surface area (Å²) in [5.74, 6) is -0.373. The highest BCUT2D eigenvalue weighted by Crippen LogP contribution is 2.25. The highest BCUT2D eigenvalue weighted by Gasteiger charge is 2.19. The zero-order valence-corrected chi connectivity index (χ0v) is 13.0. The number of nitrogens with one attached hydrogen (secondary N) is 2. The molecule has 0 radical (unpaired) electrons. The SMILES string of the molecule is CSCC[C@@H](NC(=O)Nc1nc2ccccc2s1)C(=O)O. The number of hydrogen-bond acceptors (Lipinski definition) is 5. The predicted molar refractivity (Wildman–Crippen MR) is 86.2 cm³/mol. The van der Waals surface area contributed by atoms with Crippen LogP contribution in [0.4, 0.5) is 9.93 Å². The average molecular weight is 325 g/mol. The maximum absolute atomic E-state index is 11.8. The first kappa shape index (κ1) is 15.6. The molecule has 0 aliphatic heterocycles. The molecule has 2 rings (SSSR count). The van der Waals surface area contributed by atoms with Crippen molar-refractivity contribution in [1.29, 1.82) is 0 Å². The number of carboxylic acids is 1. The molecular weight excluding hydrogens is 310 g/mol. The number of fused-ring (bicyclic) bond motifs is 1. The lowest BCUT2D eigenvalue weighted by atomic mass is 10.2. The molecule has 0 aliphatic rings. The van der Waals surface area contributed by atoms with Crippen LogP contribution in [0, 0.1) is 0 Å². The Labute approximate surface area is 130 Å². The molecule has 21 heavy (non-hydrogen) atoms. The van der Waals surface area contributed by atoms with Crippen LogP contribution in [0.15, 0.2) is 24.3 Å². The van der Waals surface area contributed by atoms with E-state index in [-0.39, 0.29) is 0 Å². The van der Waals surface area contributed by atoms with Crippen molar-refractivity contribution in [3.8, 4) is 0 Å². The number of urea groups is 1. The van der Waals surface area contributed by atoms with E-state index in [1.54, 1.807) is 0 Å². The number of carbonyl (C=O) groups is 2. The van der Waals surface area contributed by atoms with Gasteiger partial charge in [-0.1, -0.05) is 23.5 Å². The van der Waals surface area contributed by atoms with Gasteiger partial charge in [0.1, 0.15) is 6.04 Å². The van der Waals surface area contributed by atoms with E-state index in [2.05, 4.69) is 15.6 Å². The Morgan fingerprint density at radius 3 is 2.86 bits per heavy atom. The fourth-order valence-electron chi connectivity index (χ4n) is 1.71. The number of thiazole rings is 1. The summed E-state index contributed by atoms with van der Waals surface area (Å²) in [6.07, 6.45) is 2.27. The molecule has 0 spiro atoms. The van der Waals surface area contributed by atoms with Gasteiger partial charge in [0.2, 0.25) is 0 Å². The van der Waals surface area contributed by atoms with E-state index in [4.69, 9.17) is 5.11 Å². The summed E-state index contributed by atoms with van der Waals surface area (Å²) in [6, 6.07) is 6.08. The van der Waals surface area contributed by atoms with Crippen molar-refractivity contribution >= 4 is 50.4 Å². The van der Waals surface area contributed by atoms with Gasteiger partial charge in [0.05, 0.1) is 10.2 Å². The summed E-state index contributed by atoms with van der Waals surface area (Å²) in [5.41, 5.74) is 0.801. The normalized spacial score (nSPS) is 12.0. The molecule has 1 aromatic heterocycles. The Hall–Kier alpha value is -1.80. The second-order valence-corrected chi connectivity index (χ2v) is 6.27.